The quantitative estimate of drug-likeness (QED) is 0.823. The van der Waals surface area contributed by atoms with Crippen molar-refractivity contribution in [1.29, 1.82) is 0 Å². The van der Waals surface area contributed by atoms with E-state index in [9.17, 15) is 9.59 Å². The first kappa shape index (κ1) is 13.0. The molecule has 2 saturated heterocycles. The van der Waals surface area contributed by atoms with E-state index in [4.69, 9.17) is 4.74 Å². The zero-order chi connectivity index (χ0) is 13.9. The van der Waals surface area contributed by atoms with Crippen LogP contribution in [-0.2, 0) is 16.1 Å². The third-order valence-electron chi connectivity index (χ3n) is 3.96. The molecule has 2 aliphatic rings. The summed E-state index contributed by atoms with van der Waals surface area (Å²) in [4.78, 5) is 27.2. The first-order chi connectivity index (χ1) is 9.74. The van der Waals surface area contributed by atoms with Crippen molar-refractivity contribution >= 4 is 12.0 Å². The van der Waals surface area contributed by atoms with Crippen molar-refractivity contribution in [2.75, 3.05) is 19.6 Å². The zero-order valence-corrected chi connectivity index (χ0v) is 11.3. The normalized spacial score (nSPS) is 21.8. The molecule has 0 aromatic heterocycles. The van der Waals surface area contributed by atoms with Gasteiger partial charge in [-0.1, -0.05) is 30.3 Å². The molecule has 0 radical (unpaired) electrons. The minimum Gasteiger partial charge on any atom is -0.445 e. The second kappa shape index (κ2) is 5.53. The molecule has 5 nitrogen and oxygen atoms in total. The predicted molar refractivity (Wildman–Crippen MR) is 72.9 cm³/mol. The van der Waals surface area contributed by atoms with Crippen molar-refractivity contribution in [3.8, 4) is 0 Å². The lowest BCUT2D eigenvalue weighted by Crippen LogP contribution is -2.53. The second-order valence-electron chi connectivity index (χ2n) is 5.27. The summed E-state index contributed by atoms with van der Waals surface area (Å²) in [6.45, 7) is 2.09. The molecule has 5 heteroatoms. The highest BCUT2D eigenvalue weighted by Crippen LogP contribution is 2.23. The summed E-state index contributed by atoms with van der Waals surface area (Å²) in [6.07, 6.45) is 1.17. The Morgan fingerprint density at radius 2 is 2.05 bits per heavy atom. The number of hydrogen-bond donors (Lipinski definition) is 0. The van der Waals surface area contributed by atoms with Crippen LogP contribution in [0.2, 0.25) is 0 Å². The summed E-state index contributed by atoms with van der Waals surface area (Å²) >= 11 is 0. The van der Waals surface area contributed by atoms with E-state index in [2.05, 4.69) is 0 Å². The topological polar surface area (TPSA) is 49.9 Å². The molecule has 1 aromatic rings. The van der Waals surface area contributed by atoms with Gasteiger partial charge < -0.3 is 14.5 Å². The van der Waals surface area contributed by atoms with E-state index >= 15 is 0 Å². The molecule has 2 amide bonds. The number of rotatable bonds is 2. The summed E-state index contributed by atoms with van der Waals surface area (Å²) in [6, 6.07) is 9.82. The van der Waals surface area contributed by atoms with Crippen LogP contribution in [0.3, 0.4) is 0 Å². The third-order valence-corrected chi connectivity index (χ3v) is 3.96. The van der Waals surface area contributed by atoms with Gasteiger partial charge >= 0.3 is 6.09 Å². The van der Waals surface area contributed by atoms with Gasteiger partial charge in [0, 0.05) is 32.1 Å². The largest absolute Gasteiger partial charge is 0.445 e. The van der Waals surface area contributed by atoms with Gasteiger partial charge in [0.25, 0.3) is 0 Å². The van der Waals surface area contributed by atoms with Crippen LogP contribution in [0.15, 0.2) is 30.3 Å². The average Bonchev–Trinajstić information content (AvgIpc) is 2.87. The van der Waals surface area contributed by atoms with Crippen LogP contribution in [0.25, 0.3) is 0 Å². The Kier molecular flexibility index (Phi) is 3.58. The van der Waals surface area contributed by atoms with Crippen molar-refractivity contribution in [1.82, 2.24) is 9.80 Å². The van der Waals surface area contributed by atoms with Crippen LogP contribution in [0.4, 0.5) is 4.79 Å². The standard InChI is InChI=1S/C15H18N2O3/c18-14-7-6-13-10-16(8-9-17(13)14)15(19)20-11-12-4-2-1-3-5-12/h1-5,13H,6-11H2/t13-/m1/s1. The molecular weight excluding hydrogens is 256 g/mol. The van der Waals surface area contributed by atoms with Gasteiger partial charge in [0.2, 0.25) is 5.91 Å². The van der Waals surface area contributed by atoms with Gasteiger partial charge in [-0.05, 0) is 12.0 Å². The molecule has 0 aliphatic carbocycles. The number of ether oxygens (including phenoxy) is 1. The van der Waals surface area contributed by atoms with Crippen LogP contribution in [0, 0.1) is 0 Å². The number of carbonyl (C=O) groups excluding carboxylic acids is 2. The zero-order valence-electron chi connectivity index (χ0n) is 11.3. The highest BCUT2D eigenvalue weighted by atomic mass is 16.6. The van der Waals surface area contributed by atoms with Crippen molar-refractivity contribution in [3.05, 3.63) is 35.9 Å². The Morgan fingerprint density at radius 3 is 2.85 bits per heavy atom. The molecule has 0 N–H and O–H groups in total. The number of fused-ring (bicyclic) bond motifs is 1. The van der Waals surface area contributed by atoms with Crippen LogP contribution < -0.4 is 0 Å². The van der Waals surface area contributed by atoms with Gasteiger partial charge in [-0.2, -0.15) is 0 Å². The van der Waals surface area contributed by atoms with Gasteiger partial charge in [-0.15, -0.1) is 0 Å². The van der Waals surface area contributed by atoms with Gasteiger partial charge in [0.05, 0.1) is 0 Å². The van der Waals surface area contributed by atoms with Crippen LogP contribution in [0.1, 0.15) is 18.4 Å². The predicted octanol–water partition coefficient (Wildman–Crippen LogP) is 1.63. The Morgan fingerprint density at radius 1 is 1.25 bits per heavy atom. The minimum absolute atomic E-state index is 0.181. The number of amides is 2. The second-order valence-corrected chi connectivity index (χ2v) is 5.27. The maximum absolute atomic E-state index is 12.0. The van der Waals surface area contributed by atoms with E-state index in [0.717, 1.165) is 12.0 Å². The molecule has 20 heavy (non-hydrogen) atoms. The Bertz CT molecular complexity index is 503. The highest BCUT2D eigenvalue weighted by Gasteiger charge is 2.37. The summed E-state index contributed by atoms with van der Waals surface area (Å²) < 4.78 is 5.33. The van der Waals surface area contributed by atoms with E-state index in [1.165, 1.54) is 0 Å². The molecule has 3 rings (SSSR count). The molecule has 0 spiro atoms. The first-order valence-electron chi connectivity index (χ1n) is 6.99. The van der Waals surface area contributed by atoms with E-state index < -0.39 is 0 Å². The monoisotopic (exact) mass is 274 g/mol. The highest BCUT2D eigenvalue weighted by molar-refractivity contribution is 5.79. The van der Waals surface area contributed by atoms with Crippen molar-refractivity contribution in [3.63, 3.8) is 0 Å². The number of hydrogen-bond acceptors (Lipinski definition) is 3. The molecule has 0 saturated carbocycles. The maximum Gasteiger partial charge on any atom is 0.410 e. The molecule has 1 aromatic carbocycles. The first-order valence-corrected chi connectivity index (χ1v) is 6.99. The number of benzene rings is 1. The average molecular weight is 274 g/mol. The molecular formula is C15H18N2O3. The summed E-state index contributed by atoms with van der Waals surface area (Å²) in [5.74, 6) is 0.215. The molecule has 0 unspecified atom stereocenters. The fraction of sp³-hybridized carbons (Fsp3) is 0.467. The van der Waals surface area contributed by atoms with Crippen LogP contribution >= 0.6 is 0 Å². The SMILES string of the molecule is O=C(OCc1ccccc1)N1CCN2C(=O)CC[C@@H]2C1. The fourth-order valence-electron chi connectivity index (χ4n) is 2.84. The molecule has 2 aliphatic heterocycles. The van der Waals surface area contributed by atoms with Crippen LogP contribution in [-0.4, -0.2) is 47.5 Å². The number of piperazine rings is 1. The summed E-state index contributed by atoms with van der Waals surface area (Å²) in [5.41, 5.74) is 0.982. The lowest BCUT2D eigenvalue weighted by atomic mass is 10.2. The molecule has 106 valence electrons. The minimum atomic E-state index is -0.284. The van der Waals surface area contributed by atoms with Gasteiger partial charge in [-0.25, -0.2) is 4.79 Å². The molecule has 2 fully saturated rings. The summed E-state index contributed by atoms with van der Waals surface area (Å²) in [7, 11) is 0. The number of nitrogens with zero attached hydrogens (tertiary/aromatic N) is 2. The van der Waals surface area contributed by atoms with Crippen LogP contribution in [0.5, 0.6) is 0 Å². The Balaban J connectivity index is 1.52. The van der Waals surface area contributed by atoms with E-state index in [1.54, 1.807) is 4.90 Å². The Hall–Kier alpha value is -2.04. The van der Waals surface area contributed by atoms with Gasteiger partial charge in [-0.3, -0.25) is 4.79 Å². The lowest BCUT2D eigenvalue weighted by Gasteiger charge is -2.36. The van der Waals surface area contributed by atoms with Crippen molar-refractivity contribution in [2.24, 2.45) is 0 Å². The smallest absolute Gasteiger partial charge is 0.410 e. The van der Waals surface area contributed by atoms with E-state index in [0.29, 0.717) is 32.7 Å². The Labute approximate surface area is 118 Å². The summed E-state index contributed by atoms with van der Waals surface area (Å²) in [5, 5.41) is 0. The third kappa shape index (κ3) is 2.61. The molecule has 2 heterocycles. The number of carbonyl (C=O) groups is 2. The lowest BCUT2D eigenvalue weighted by molar-refractivity contribution is -0.130. The molecule has 0 bridgehead atoms. The van der Waals surface area contributed by atoms with E-state index in [-0.39, 0.29) is 18.0 Å². The van der Waals surface area contributed by atoms with Crippen molar-refractivity contribution in [2.45, 2.75) is 25.5 Å². The van der Waals surface area contributed by atoms with E-state index in [1.807, 2.05) is 35.2 Å². The fourth-order valence-corrected chi connectivity index (χ4v) is 2.84. The van der Waals surface area contributed by atoms with Gasteiger partial charge in [0.1, 0.15) is 6.61 Å². The molecule has 1 atom stereocenters. The van der Waals surface area contributed by atoms with Crippen molar-refractivity contribution < 1.29 is 14.3 Å². The maximum atomic E-state index is 12.0. The van der Waals surface area contributed by atoms with Gasteiger partial charge in [0.15, 0.2) is 0 Å².